The molecule has 0 bridgehead atoms. The first-order chi connectivity index (χ1) is 11.7. The van der Waals surface area contributed by atoms with Crippen molar-refractivity contribution in [3.05, 3.63) is 40.9 Å². The summed E-state index contributed by atoms with van der Waals surface area (Å²) >= 11 is 1.56. The lowest BCUT2D eigenvalue weighted by molar-refractivity contribution is 0.0738. The highest BCUT2D eigenvalue weighted by molar-refractivity contribution is 7.13. The largest absolute Gasteiger partial charge is 0.336 e. The average molecular weight is 341 g/mol. The Morgan fingerprint density at radius 1 is 1.21 bits per heavy atom. The van der Waals surface area contributed by atoms with Crippen molar-refractivity contribution in [1.29, 1.82) is 0 Å². The Labute approximate surface area is 147 Å². The van der Waals surface area contributed by atoms with Crippen LogP contribution in [-0.2, 0) is 0 Å². The first kappa shape index (κ1) is 15.8. The number of benzene rings is 1. The third-order valence-corrected chi connectivity index (χ3v) is 6.07. The number of carbonyl (C=O) groups is 1. The lowest BCUT2D eigenvalue weighted by atomic mass is 10.1. The Morgan fingerprint density at radius 3 is 2.92 bits per heavy atom. The Kier molecular flexibility index (Phi) is 4.37. The van der Waals surface area contributed by atoms with Gasteiger partial charge in [-0.05, 0) is 38.3 Å². The predicted molar refractivity (Wildman–Crippen MR) is 97.4 cm³/mol. The molecule has 0 N–H and O–H groups in total. The molecule has 0 saturated carbocycles. The van der Waals surface area contributed by atoms with Gasteiger partial charge in [-0.2, -0.15) is 0 Å². The second-order valence-corrected chi connectivity index (χ2v) is 7.65. The molecular formula is C19H23N3OS. The zero-order valence-corrected chi connectivity index (χ0v) is 14.9. The minimum absolute atomic E-state index is 0.0971. The van der Waals surface area contributed by atoms with Crippen LogP contribution in [0.5, 0.6) is 0 Å². The van der Waals surface area contributed by atoms with Crippen LogP contribution in [0.3, 0.4) is 0 Å². The first-order valence-electron chi connectivity index (χ1n) is 8.77. The van der Waals surface area contributed by atoms with Crippen LogP contribution in [-0.4, -0.2) is 52.9 Å². The topological polar surface area (TPSA) is 36.4 Å². The Balaban J connectivity index is 1.53. The summed E-state index contributed by atoms with van der Waals surface area (Å²) in [5, 5.41) is 2.86. The molecule has 1 aromatic heterocycles. The fourth-order valence-corrected chi connectivity index (χ4v) is 4.75. The van der Waals surface area contributed by atoms with Crippen molar-refractivity contribution < 1.29 is 4.79 Å². The summed E-state index contributed by atoms with van der Waals surface area (Å²) in [6.07, 6.45) is 3.55. The molecule has 2 aliphatic heterocycles. The van der Waals surface area contributed by atoms with Crippen molar-refractivity contribution in [1.82, 2.24) is 14.8 Å². The molecule has 0 spiro atoms. The molecule has 3 heterocycles. The lowest BCUT2D eigenvalue weighted by Crippen LogP contribution is -2.39. The molecule has 2 aromatic rings. The maximum atomic E-state index is 12.9. The highest BCUT2D eigenvalue weighted by Gasteiger charge is 2.31. The van der Waals surface area contributed by atoms with E-state index < -0.39 is 0 Å². The van der Waals surface area contributed by atoms with Gasteiger partial charge in [0.1, 0.15) is 10.7 Å². The summed E-state index contributed by atoms with van der Waals surface area (Å²) in [5.74, 6) is 0.0971. The zero-order chi connectivity index (χ0) is 16.5. The molecule has 4 rings (SSSR count). The van der Waals surface area contributed by atoms with Gasteiger partial charge in [0, 0.05) is 36.6 Å². The Hall–Kier alpha value is -1.72. The van der Waals surface area contributed by atoms with E-state index in [1.807, 2.05) is 22.4 Å². The minimum Gasteiger partial charge on any atom is -0.336 e. The minimum atomic E-state index is 0.0971. The molecule has 24 heavy (non-hydrogen) atoms. The Morgan fingerprint density at radius 2 is 2.04 bits per heavy atom. The van der Waals surface area contributed by atoms with Gasteiger partial charge in [-0.1, -0.05) is 24.3 Å². The molecule has 4 nitrogen and oxygen atoms in total. The molecule has 2 aliphatic rings. The van der Waals surface area contributed by atoms with Crippen molar-refractivity contribution in [3.8, 4) is 10.6 Å². The number of thiazole rings is 1. The van der Waals surface area contributed by atoms with Gasteiger partial charge < -0.3 is 4.90 Å². The monoisotopic (exact) mass is 341 g/mol. The van der Waals surface area contributed by atoms with E-state index in [0.717, 1.165) is 36.6 Å². The molecule has 0 radical (unpaired) electrons. The molecule has 1 atom stereocenters. The summed E-state index contributed by atoms with van der Waals surface area (Å²) in [5.41, 5.74) is 2.92. The number of hydrogen-bond donors (Lipinski definition) is 0. The van der Waals surface area contributed by atoms with Crippen LogP contribution < -0.4 is 0 Å². The van der Waals surface area contributed by atoms with Gasteiger partial charge in [-0.25, -0.2) is 4.98 Å². The third kappa shape index (κ3) is 2.98. The molecule has 2 saturated heterocycles. The summed E-state index contributed by atoms with van der Waals surface area (Å²) in [4.78, 5) is 22.1. The summed E-state index contributed by atoms with van der Waals surface area (Å²) < 4.78 is 0. The zero-order valence-electron chi connectivity index (χ0n) is 14.1. The smallest absolute Gasteiger partial charge is 0.273 e. The molecule has 2 fully saturated rings. The van der Waals surface area contributed by atoms with Crippen LogP contribution >= 0.6 is 11.3 Å². The molecular weight excluding hydrogens is 318 g/mol. The van der Waals surface area contributed by atoms with Crippen molar-refractivity contribution in [2.75, 3.05) is 26.2 Å². The summed E-state index contributed by atoms with van der Waals surface area (Å²) in [7, 11) is 0. The van der Waals surface area contributed by atoms with E-state index >= 15 is 0 Å². The van der Waals surface area contributed by atoms with Crippen LogP contribution in [0.15, 0.2) is 29.6 Å². The predicted octanol–water partition coefficient (Wildman–Crippen LogP) is 3.43. The molecule has 5 heteroatoms. The number of carbonyl (C=O) groups excluding carboxylic acids is 1. The quantitative estimate of drug-likeness (QED) is 0.840. The number of hydrogen-bond acceptors (Lipinski definition) is 4. The number of fused-ring (bicyclic) bond motifs is 1. The van der Waals surface area contributed by atoms with E-state index in [4.69, 9.17) is 0 Å². The average Bonchev–Trinajstić information content (AvgIpc) is 3.20. The molecule has 126 valence electrons. The number of nitrogens with zero attached hydrogens (tertiary/aromatic N) is 3. The van der Waals surface area contributed by atoms with Crippen LogP contribution in [0, 0.1) is 6.92 Å². The molecule has 1 aromatic carbocycles. The van der Waals surface area contributed by atoms with Gasteiger partial charge in [0.2, 0.25) is 0 Å². The second kappa shape index (κ2) is 6.65. The van der Waals surface area contributed by atoms with E-state index in [1.54, 1.807) is 11.3 Å². The normalized spacial score (nSPS) is 21.5. The van der Waals surface area contributed by atoms with Crippen LogP contribution in [0.4, 0.5) is 0 Å². The van der Waals surface area contributed by atoms with Crippen molar-refractivity contribution in [3.63, 3.8) is 0 Å². The lowest BCUT2D eigenvalue weighted by Gasteiger charge is -2.25. The van der Waals surface area contributed by atoms with E-state index in [9.17, 15) is 4.79 Å². The third-order valence-electron chi connectivity index (χ3n) is 5.19. The van der Waals surface area contributed by atoms with Gasteiger partial charge in [-0.3, -0.25) is 9.69 Å². The fraction of sp³-hybridized carbons (Fsp3) is 0.474. The van der Waals surface area contributed by atoms with E-state index in [1.165, 1.54) is 24.9 Å². The molecule has 1 amide bonds. The van der Waals surface area contributed by atoms with Gasteiger partial charge in [0.15, 0.2) is 0 Å². The Bertz CT molecular complexity index is 742. The van der Waals surface area contributed by atoms with Crippen molar-refractivity contribution >= 4 is 17.2 Å². The van der Waals surface area contributed by atoms with Crippen LogP contribution in [0.25, 0.3) is 10.6 Å². The van der Waals surface area contributed by atoms with E-state index in [0.29, 0.717) is 11.7 Å². The SMILES string of the molecule is Cc1ccccc1-c1nc(C(=O)N2CCCN3CCC[C@@H]3C2)cs1. The van der Waals surface area contributed by atoms with Crippen molar-refractivity contribution in [2.45, 2.75) is 32.2 Å². The summed E-state index contributed by atoms with van der Waals surface area (Å²) in [6, 6.07) is 8.76. The van der Waals surface area contributed by atoms with Gasteiger partial charge in [0.25, 0.3) is 5.91 Å². The number of aryl methyl sites for hydroxylation is 1. The van der Waals surface area contributed by atoms with Crippen LogP contribution in [0.2, 0.25) is 0 Å². The van der Waals surface area contributed by atoms with E-state index in [2.05, 4.69) is 28.9 Å². The highest BCUT2D eigenvalue weighted by Crippen LogP contribution is 2.28. The number of rotatable bonds is 2. The van der Waals surface area contributed by atoms with Gasteiger partial charge >= 0.3 is 0 Å². The molecule has 0 aliphatic carbocycles. The van der Waals surface area contributed by atoms with Gasteiger partial charge in [0.05, 0.1) is 0 Å². The standard InChI is InChI=1S/C19H23N3OS/c1-14-6-2-3-8-16(14)18-20-17(13-24-18)19(23)22-11-5-10-21-9-4-7-15(21)12-22/h2-3,6,8,13,15H,4-5,7,9-12H2,1H3/t15-/m1/s1. The number of aromatic nitrogens is 1. The highest BCUT2D eigenvalue weighted by atomic mass is 32.1. The maximum absolute atomic E-state index is 12.9. The maximum Gasteiger partial charge on any atom is 0.273 e. The first-order valence-corrected chi connectivity index (χ1v) is 9.65. The van der Waals surface area contributed by atoms with Gasteiger partial charge in [-0.15, -0.1) is 11.3 Å². The van der Waals surface area contributed by atoms with Crippen molar-refractivity contribution in [2.24, 2.45) is 0 Å². The summed E-state index contributed by atoms with van der Waals surface area (Å²) in [6.45, 7) is 6.11. The van der Waals surface area contributed by atoms with Crippen LogP contribution in [0.1, 0.15) is 35.3 Å². The second-order valence-electron chi connectivity index (χ2n) is 6.79. The fourth-order valence-electron chi connectivity index (χ4n) is 3.86. The molecule has 0 unspecified atom stereocenters. The van der Waals surface area contributed by atoms with E-state index in [-0.39, 0.29) is 5.91 Å². The number of amides is 1.